The monoisotopic (exact) mass is 298 g/mol. The van der Waals surface area contributed by atoms with Crippen LogP contribution in [0.3, 0.4) is 0 Å². The molecule has 0 amide bonds. The molecule has 22 heavy (non-hydrogen) atoms. The van der Waals surface area contributed by atoms with Gasteiger partial charge in [-0.3, -0.25) is 9.58 Å². The van der Waals surface area contributed by atoms with Gasteiger partial charge in [0.1, 0.15) is 0 Å². The number of hydrogen-bond acceptors (Lipinski definition) is 3. The van der Waals surface area contributed by atoms with Gasteiger partial charge >= 0.3 is 0 Å². The number of aromatic nitrogens is 2. The maximum absolute atomic E-state index is 4.33. The molecule has 118 valence electrons. The predicted octanol–water partition coefficient (Wildman–Crippen LogP) is 2.44. The minimum atomic E-state index is 0.788. The first-order chi connectivity index (χ1) is 10.7. The second-order valence-corrected chi connectivity index (χ2v) is 6.45. The molecular weight excluding hydrogens is 272 g/mol. The van der Waals surface area contributed by atoms with Crippen molar-refractivity contribution in [2.24, 2.45) is 13.0 Å². The summed E-state index contributed by atoms with van der Waals surface area (Å²) in [5.41, 5.74) is 5.22. The third-order valence-electron chi connectivity index (χ3n) is 4.62. The van der Waals surface area contributed by atoms with Gasteiger partial charge in [0.15, 0.2) is 0 Å². The quantitative estimate of drug-likeness (QED) is 0.920. The number of hydrogen-bond donors (Lipinski definition) is 1. The van der Waals surface area contributed by atoms with E-state index in [-0.39, 0.29) is 0 Å². The molecule has 1 N–H and O–H groups in total. The molecule has 0 saturated carbocycles. The number of nitrogens with zero attached hydrogens (tertiary/aromatic N) is 3. The Morgan fingerprint density at radius 1 is 1.32 bits per heavy atom. The van der Waals surface area contributed by atoms with Gasteiger partial charge in [-0.2, -0.15) is 5.10 Å². The zero-order chi connectivity index (χ0) is 15.5. The molecule has 1 unspecified atom stereocenters. The molecule has 1 aromatic carbocycles. The number of aryl methyl sites for hydroxylation is 2. The van der Waals surface area contributed by atoms with E-state index in [2.05, 4.69) is 46.5 Å². The van der Waals surface area contributed by atoms with Gasteiger partial charge in [-0.15, -0.1) is 0 Å². The van der Waals surface area contributed by atoms with Gasteiger partial charge in [0.2, 0.25) is 0 Å². The Morgan fingerprint density at radius 2 is 2.18 bits per heavy atom. The summed E-state index contributed by atoms with van der Waals surface area (Å²) in [6.45, 7) is 6.70. The van der Waals surface area contributed by atoms with Crippen molar-refractivity contribution < 1.29 is 0 Å². The summed E-state index contributed by atoms with van der Waals surface area (Å²) < 4.78 is 1.96. The first kappa shape index (κ1) is 15.3. The second-order valence-electron chi connectivity index (χ2n) is 6.45. The van der Waals surface area contributed by atoms with Gasteiger partial charge in [0.25, 0.3) is 0 Å². The standard InChI is InChI=1S/C18H26N4/c1-14-4-5-16(13-22-9-7-15(12-22)11-19-2)17(10-14)18-6-8-20-21(18)3/h4-6,8,10,15,19H,7,9,11-13H2,1-3H3. The Kier molecular flexibility index (Phi) is 4.60. The maximum atomic E-state index is 4.33. The first-order valence-electron chi connectivity index (χ1n) is 8.12. The molecular formula is C18H26N4. The van der Waals surface area contributed by atoms with Crippen LogP contribution in [0.15, 0.2) is 30.5 Å². The number of benzene rings is 1. The van der Waals surface area contributed by atoms with Crippen molar-refractivity contribution in [2.75, 3.05) is 26.7 Å². The lowest BCUT2D eigenvalue weighted by Crippen LogP contribution is -2.24. The Labute approximate surface area is 133 Å². The van der Waals surface area contributed by atoms with E-state index in [9.17, 15) is 0 Å². The summed E-state index contributed by atoms with van der Waals surface area (Å²) in [5.74, 6) is 0.788. The SMILES string of the molecule is CNCC1CCN(Cc2ccc(C)cc2-c2ccnn2C)C1. The Hall–Kier alpha value is -1.65. The van der Waals surface area contributed by atoms with Gasteiger partial charge in [0, 0.05) is 31.9 Å². The molecule has 0 aliphatic carbocycles. The molecule has 1 atom stereocenters. The van der Waals surface area contributed by atoms with Crippen LogP contribution in [-0.2, 0) is 13.6 Å². The lowest BCUT2D eigenvalue weighted by atomic mass is 10.0. The van der Waals surface area contributed by atoms with Crippen molar-refractivity contribution in [3.8, 4) is 11.3 Å². The highest BCUT2D eigenvalue weighted by atomic mass is 15.3. The Balaban J connectivity index is 1.81. The van der Waals surface area contributed by atoms with E-state index in [0.717, 1.165) is 19.0 Å². The van der Waals surface area contributed by atoms with Gasteiger partial charge in [-0.05, 0) is 57.1 Å². The van der Waals surface area contributed by atoms with E-state index in [1.54, 1.807) is 0 Å². The summed E-state index contributed by atoms with van der Waals surface area (Å²) in [6.07, 6.45) is 3.17. The molecule has 1 aromatic heterocycles. The van der Waals surface area contributed by atoms with Crippen molar-refractivity contribution in [1.29, 1.82) is 0 Å². The van der Waals surface area contributed by atoms with Gasteiger partial charge in [-0.1, -0.05) is 17.7 Å². The Morgan fingerprint density at radius 3 is 2.91 bits per heavy atom. The van der Waals surface area contributed by atoms with Gasteiger partial charge in [0.05, 0.1) is 5.69 Å². The zero-order valence-corrected chi connectivity index (χ0v) is 13.8. The number of likely N-dealkylation sites (tertiary alicyclic amines) is 1. The van der Waals surface area contributed by atoms with Crippen LogP contribution in [0, 0.1) is 12.8 Å². The first-order valence-corrected chi connectivity index (χ1v) is 8.12. The van der Waals surface area contributed by atoms with Crippen molar-refractivity contribution in [3.05, 3.63) is 41.6 Å². The third-order valence-corrected chi connectivity index (χ3v) is 4.62. The topological polar surface area (TPSA) is 33.1 Å². The molecule has 0 spiro atoms. The zero-order valence-electron chi connectivity index (χ0n) is 13.8. The number of rotatable bonds is 5. The van der Waals surface area contributed by atoms with E-state index in [1.807, 2.05) is 25.0 Å². The normalized spacial score (nSPS) is 19.0. The Bertz CT molecular complexity index is 632. The average molecular weight is 298 g/mol. The fourth-order valence-corrected chi connectivity index (χ4v) is 3.46. The molecule has 2 heterocycles. The molecule has 1 fully saturated rings. The molecule has 3 rings (SSSR count). The lowest BCUT2D eigenvalue weighted by Gasteiger charge is -2.19. The maximum Gasteiger partial charge on any atom is 0.0682 e. The average Bonchev–Trinajstić information content (AvgIpc) is 3.11. The highest BCUT2D eigenvalue weighted by molar-refractivity contribution is 5.64. The summed E-state index contributed by atoms with van der Waals surface area (Å²) >= 11 is 0. The van der Waals surface area contributed by atoms with Gasteiger partial charge in [-0.25, -0.2) is 0 Å². The third kappa shape index (κ3) is 3.23. The van der Waals surface area contributed by atoms with E-state index >= 15 is 0 Å². The van der Waals surface area contributed by atoms with Crippen LogP contribution in [0.5, 0.6) is 0 Å². The minimum absolute atomic E-state index is 0.788. The van der Waals surface area contributed by atoms with Crippen molar-refractivity contribution in [2.45, 2.75) is 19.9 Å². The minimum Gasteiger partial charge on any atom is -0.319 e. The molecule has 4 nitrogen and oxygen atoms in total. The fourth-order valence-electron chi connectivity index (χ4n) is 3.46. The number of nitrogens with one attached hydrogen (secondary N) is 1. The van der Waals surface area contributed by atoms with Crippen LogP contribution in [0.25, 0.3) is 11.3 Å². The largest absolute Gasteiger partial charge is 0.319 e. The summed E-state index contributed by atoms with van der Waals surface area (Å²) in [6, 6.07) is 8.89. The summed E-state index contributed by atoms with van der Waals surface area (Å²) in [7, 11) is 4.06. The molecule has 1 aliphatic heterocycles. The molecule has 1 aliphatic rings. The van der Waals surface area contributed by atoms with E-state index in [1.165, 1.54) is 41.9 Å². The van der Waals surface area contributed by atoms with Crippen LogP contribution in [0.2, 0.25) is 0 Å². The molecule has 0 radical (unpaired) electrons. The summed E-state index contributed by atoms with van der Waals surface area (Å²) in [5, 5.41) is 7.63. The van der Waals surface area contributed by atoms with Crippen LogP contribution < -0.4 is 5.32 Å². The predicted molar refractivity (Wildman–Crippen MR) is 90.7 cm³/mol. The highest BCUT2D eigenvalue weighted by Gasteiger charge is 2.22. The van der Waals surface area contributed by atoms with Crippen LogP contribution in [0.1, 0.15) is 17.5 Å². The molecule has 1 saturated heterocycles. The second kappa shape index (κ2) is 6.63. The molecule has 2 aromatic rings. The van der Waals surface area contributed by atoms with E-state index < -0.39 is 0 Å². The van der Waals surface area contributed by atoms with E-state index in [0.29, 0.717) is 0 Å². The molecule has 0 bridgehead atoms. The molecule has 4 heteroatoms. The smallest absolute Gasteiger partial charge is 0.0682 e. The van der Waals surface area contributed by atoms with Crippen LogP contribution in [-0.4, -0.2) is 41.4 Å². The highest BCUT2D eigenvalue weighted by Crippen LogP contribution is 2.27. The van der Waals surface area contributed by atoms with Crippen LogP contribution in [0.4, 0.5) is 0 Å². The van der Waals surface area contributed by atoms with Gasteiger partial charge < -0.3 is 5.32 Å². The van der Waals surface area contributed by atoms with Crippen molar-refractivity contribution >= 4 is 0 Å². The van der Waals surface area contributed by atoms with Crippen molar-refractivity contribution in [3.63, 3.8) is 0 Å². The van der Waals surface area contributed by atoms with Crippen LogP contribution >= 0.6 is 0 Å². The van der Waals surface area contributed by atoms with Crippen molar-refractivity contribution in [1.82, 2.24) is 20.0 Å². The summed E-state index contributed by atoms with van der Waals surface area (Å²) in [4.78, 5) is 2.58. The van der Waals surface area contributed by atoms with E-state index in [4.69, 9.17) is 0 Å². The lowest BCUT2D eigenvalue weighted by molar-refractivity contribution is 0.316. The fraction of sp³-hybridized carbons (Fsp3) is 0.500.